The van der Waals surface area contributed by atoms with Crippen LogP contribution >= 0.6 is 24.0 Å². The number of fused-ring (bicyclic) bond motifs is 1. The summed E-state index contributed by atoms with van der Waals surface area (Å²) < 4.78 is 25.3. The number of hydrogen-bond acceptors (Lipinski definition) is 3. The Hall–Kier alpha value is -1.33. The van der Waals surface area contributed by atoms with Crippen molar-refractivity contribution in [1.29, 1.82) is 0 Å². The molecule has 1 aromatic heterocycles. The molecule has 26 heavy (non-hydrogen) atoms. The molecule has 0 amide bonds. The summed E-state index contributed by atoms with van der Waals surface area (Å²) in [6.07, 6.45) is 2.91. The lowest BCUT2D eigenvalue weighted by Gasteiger charge is -2.11. The van der Waals surface area contributed by atoms with Gasteiger partial charge < -0.3 is 15.6 Å². The molecule has 1 heterocycles. The standard InChI is InChI=1S/C17H27N5O2S.HI/c1-3-18-17(20-11-12-22-25(23,24)4-2)19-10-9-14-13-21-16-8-6-5-7-15(14)16;/h5-8,13,21-22H,3-4,9-12H2,1-2H3,(H2,18,19,20);1H. The Morgan fingerprint density at radius 2 is 1.92 bits per heavy atom. The number of para-hydroxylation sites is 1. The summed E-state index contributed by atoms with van der Waals surface area (Å²) in [5, 5.41) is 7.68. The zero-order chi connectivity index (χ0) is 18.1. The fourth-order valence-electron chi connectivity index (χ4n) is 2.47. The van der Waals surface area contributed by atoms with Gasteiger partial charge in [0.2, 0.25) is 10.0 Å². The molecular weight excluding hydrogens is 465 g/mol. The van der Waals surface area contributed by atoms with Crippen LogP contribution in [0, 0.1) is 0 Å². The number of sulfonamides is 1. The number of benzene rings is 1. The van der Waals surface area contributed by atoms with Crippen molar-refractivity contribution in [2.45, 2.75) is 20.3 Å². The highest BCUT2D eigenvalue weighted by molar-refractivity contribution is 14.0. The highest BCUT2D eigenvalue weighted by Crippen LogP contribution is 2.17. The summed E-state index contributed by atoms with van der Waals surface area (Å²) in [4.78, 5) is 7.67. The molecule has 146 valence electrons. The number of aromatic nitrogens is 1. The van der Waals surface area contributed by atoms with Gasteiger partial charge in [-0.25, -0.2) is 13.1 Å². The lowest BCUT2D eigenvalue weighted by atomic mass is 10.1. The summed E-state index contributed by atoms with van der Waals surface area (Å²) >= 11 is 0. The fourth-order valence-corrected chi connectivity index (χ4v) is 3.07. The number of aromatic amines is 1. The molecule has 0 saturated carbocycles. The molecule has 7 nitrogen and oxygen atoms in total. The zero-order valence-corrected chi connectivity index (χ0v) is 18.4. The van der Waals surface area contributed by atoms with E-state index in [0.29, 0.717) is 19.0 Å². The number of H-pyrrole nitrogens is 1. The summed E-state index contributed by atoms with van der Waals surface area (Å²) in [5.41, 5.74) is 2.40. The van der Waals surface area contributed by atoms with E-state index in [1.165, 1.54) is 10.9 Å². The molecule has 9 heteroatoms. The monoisotopic (exact) mass is 493 g/mol. The predicted octanol–water partition coefficient (Wildman–Crippen LogP) is 1.82. The third kappa shape index (κ3) is 7.12. The van der Waals surface area contributed by atoms with E-state index in [2.05, 4.69) is 37.5 Å². The van der Waals surface area contributed by atoms with Crippen molar-refractivity contribution in [3.63, 3.8) is 0 Å². The number of aliphatic imine (C=N–C) groups is 1. The topological polar surface area (TPSA) is 98.4 Å². The van der Waals surface area contributed by atoms with Gasteiger partial charge in [0, 0.05) is 36.7 Å². The first-order valence-electron chi connectivity index (χ1n) is 8.60. The van der Waals surface area contributed by atoms with Crippen molar-refractivity contribution in [1.82, 2.24) is 20.3 Å². The molecule has 0 aliphatic rings. The second-order valence-corrected chi connectivity index (χ2v) is 7.69. The summed E-state index contributed by atoms with van der Waals surface area (Å²) in [6.45, 7) is 5.80. The number of hydrogen-bond donors (Lipinski definition) is 4. The van der Waals surface area contributed by atoms with E-state index in [9.17, 15) is 8.42 Å². The van der Waals surface area contributed by atoms with Gasteiger partial charge in [0.05, 0.1) is 12.3 Å². The van der Waals surface area contributed by atoms with Gasteiger partial charge in [-0.3, -0.25) is 4.99 Å². The van der Waals surface area contributed by atoms with Crippen LogP contribution in [0.2, 0.25) is 0 Å². The van der Waals surface area contributed by atoms with Crippen molar-refractivity contribution in [3.05, 3.63) is 36.0 Å². The maximum absolute atomic E-state index is 11.4. The highest BCUT2D eigenvalue weighted by atomic mass is 127. The van der Waals surface area contributed by atoms with Gasteiger partial charge in [-0.2, -0.15) is 0 Å². The predicted molar refractivity (Wildman–Crippen MR) is 119 cm³/mol. The fraction of sp³-hybridized carbons (Fsp3) is 0.471. The largest absolute Gasteiger partial charge is 0.361 e. The lowest BCUT2D eigenvalue weighted by Crippen LogP contribution is -2.39. The molecule has 0 unspecified atom stereocenters. The zero-order valence-electron chi connectivity index (χ0n) is 15.2. The van der Waals surface area contributed by atoms with Crippen molar-refractivity contribution < 1.29 is 8.42 Å². The van der Waals surface area contributed by atoms with Crippen LogP contribution in [-0.2, 0) is 16.4 Å². The molecule has 0 radical (unpaired) electrons. The first-order valence-corrected chi connectivity index (χ1v) is 10.3. The summed E-state index contributed by atoms with van der Waals surface area (Å²) in [5.74, 6) is 0.776. The van der Waals surface area contributed by atoms with E-state index in [1.807, 2.05) is 25.3 Å². The number of guanidine groups is 1. The highest BCUT2D eigenvalue weighted by Gasteiger charge is 2.05. The van der Waals surface area contributed by atoms with E-state index < -0.39 is 10.0 Å². The Labute approximate surface area is 172 Å². The number of rotatable bonds is 9. The molecule has 2 rings (SSSR count). The summed E-state index contributed by atoms with van der Waals surface area (Å²) in [6, 6.07) is 8.23. The van der Waals surface area contributed by atoms with Crippen LogP contribution < -0.4 is 15.4 Å². The van der Waals surface area contributed by atoms with Gasteiger partial charge in [-0.05, 0) is 31.9 Å². The lowest BCUT2D eigenvalue weighted by molar-refractivity contribution is 0.583. The second-order valence-electron chi connectivity index (χ2n) is 5.59. The molecule has 2 aromatic rings. The molecule has 1 aromatic carbocycles. The number of nitrogens with zero attached hydrogens (tertiary/aromatic N) is 1. The normalized spacial score (nSPS) is 12.0. The molecule has 0 aliphatic heterocycles. The van der Waals surface area contributed by atoms with Crippen LogP contribution in [-0.4, -0.2) is 51.3 Å². The molecule has 0 saturated heterocycles. The first kappa shape index (κ1) is 22.7. The Kier molecular flexibility index (Phi) is 9.96. The van der Waals surface area contributed by atoms with Crippen molar-refractivity contribution in [2.75, 3.05) is 31.9 Å². The molecule has 0 fully saturated rings. The minimum atomic E-state index is -3.16. The Balaban J connectivity index is 0.00000338. The molecule has 0 spiro atoms. The third-order valence-electron chi connectivity index (χ3n) is 3.79. The van der Waals surface area contributed by atoms with Gasteiger partial charge >= 0.3 is 0 Å². The van der Waals surface area contributed by atoms with Gasteiger partial charge in [-0.15, -0.1) is 24.0 Å². The SMILES string of the molecule is CCNC(=NCCNS(=O)(=O)CC)NCCc1c[nH]c2ccccc12.I. The van der Waals surface area contributed by atoms with Crippen LogP contribution in [0.3, 0.4) is 0 Å². The van der Waals surface area contributed by atoms with Crippen molar-refractivity contribution >= 4 is 50.9 Å². The van der Waals surface area contributed by atoms with Gasteiger partial charge in [0.25, 0.3) is 0 Å². The minimum absolute atomic E-state index is 0. The minimum Gasteiger partial charge on any atom is -0.361 e. The number of halogens is 1. The Morgan fingerprint density at radius 1 is 1.15 bits per heavy atom. The quantitative estimate of drug-likeness (QED) is 0.186. The maximum Gasteiger partial charge on any atom is 0.211 e. The van der Waals surface area contributed by atoms with E-state index in [0.717, 1.165) is 25.0 Å². The molecular formula is C17H28IN5O2S. The summed E-state index contributed by atoms with van der Waals surface area (Å²) in [7, 11) is -3.16. The van der Waals surface area contributed by atoms with Crippen LogP contribution in [0.5, 0.6) is 0 Å². The number of nitrogens with one attached hydrogen (secondary N) is 4. The average molecular weight is 493 g/mol. The molecule has 4 N–H and O–H groups in total. The third-order valence-corrected chi connectivity index (χ3v) is 5.19. The van der Waals surface area contributed by atoms with Crippen LogP contribution in [0.25, 0.3) is 10.9 Å². The second kappa shape index (κ2) is 11.4. The van der Waals surface area contributed by atoms with Crippen molar-refractivity contribution in [2.24, 2.45) is 4.99 Å². The van der Waals surface area contributed by atoms with Gasteiger partial charge in [-0.1, -0.05) is 18.2 Å². The van der Waals surface area contributed by atoms with Gasteiger partial charge in [0.1, 0.15) is 0 Å². The average Bonchev–Trinajstić information content (AvgIpc) is 3.02. The van der Waals surface area contributed by atoms with Crippen LogP contribution in [0.1, 0.15) is 19.4 Å². The Bertz CT molecular complexity index is 804. The van der Waals surface area contributed by atoms with E-state index in [-0.39, 0.29) is 29.7 Å². The van der Waals surface area contributed by atoms with E-state index >= 15 is 0 Å². The van der Waals surface area contributed by atoms with E-state index in [1.54, 1.807) is 6.92 Å². The van der Waals surface area contributed by atoms with Gasteiger partial charge in [0.15, 0.2) is 5.96 Å². The smallest absolute Gasteiger partial charge is 0.211 e. The van der Waals surface area contributed by atoms with Crippen LogP contribution in [0.4, 0.5) is 0 Å². The molecule has 0 bridgehead atoms. The Morgan fingerprint density at radius 3 is 2.65 bits per heavy atom. The molecule has 0 atom stereocenters. The van der Waals surface area contributed by atoms with E-state index in [4.69, 9.17) is 0 Å². The van der Waals surface area contributed by atoms with Crippen LogP contribution in [0.15, 0.2) is 35.5 Å². The maximum atomic E-state index is 11.4. The first-order chi connectivity index (χ1) is 12.1. The molecule has 0 aliphatic carbocycles. The van der Waals surface area contributed by atoms with Crippen molar-refractivity contribution in [3.8, 4) is 0 Å².